The molecule has 0 saturated carbocycles. The third kappa shape index (κ3) is 3.58. The van der Waals surface area contributed by atoms with E-state index in [0.717, 1.165) is 5.56 Å². The number of amides is 1. The summed E-state index contributed by atoms with van der Waals surface area (Å²) in [6.07, 6.45) is 1.76. The SMILES string of the molecule is Cn1ccc(C(=O)N(CCCl)Cc2ccccc2)n1. The highest BCUT2D eigenvalue weighted by Gasteiger charge is 2.17. The molecule has 0 atom stereocenters. The van der Waals surface area contributed by atoms with E-state index in [0.29, 0.717) is 24.7 Å². The van der Waals surface area contributed by atoms with Gasteiger partial charge in [-0.1, -0.05) is 30.3 Å². The van der Waals surface area contributed by atoms with Gasteiger partial charge in [0, 0.05) is 32.2 Å². The lowest BCUT2D eigenvalue weighted by atomic mass is 10.2. The lowest BCUT2D eigenvalue weighted by Crippen LogP contribution is -2.32. The normalized spacial score (nSPS) is 10.4. The number of rotatable bonds is 5. The molecule has 5 heteroatoms. The van der Waals surface area contributed by atoms with Gasteiger partial charge in [0.25, 0.3) is 5.91 Å². The number of benzene rings is 1. The predicted molar refractivity (Wildman–Crippen MR) is 75.1 cm³/mol. The molecule has 1 aromatic carbocycles. The van der Waals surface area contributed by atoms with Gasteiger partial charge >= 0.3 is 0 Å². The van der Waals surface area contributed by atoms with Gasteiger partial charge in [-0.25, -0.2) is 0 Å². The van der Waals surface area contributed by atoms with Crippen molar-refractivity contribution in [1.82, 2.24) is 14.7 Å². The molecule has 1 heterocycles. The third-order valence-corrected chi connectivity index (χ3v) is 2.96. The van der Waals surface area contributed by atoms with Crippen LogP contribution in [0.1, 0.15) is 16.1 Å². The van der Waals surface area contributed by atoms with Crippen molar-refractivity contribution in [3.05, 3.63) is 53.9 Å². The van der Waals surface area contributed by atoms with Crippen LogP contribution >= 0.6 is 11.6 Å². The predicted octanol–water partition coefficient (Wildman–Crippen LogP) is 2.30. The molecule has 0 fully saturated rings. The summed E-state index contributed by atoms with van der Waals surface area (Å²) in [6, 6.07) is 11.6. The van der Waals surface area contributed by atoms with Gasteiger partial charge in [-0.3, -0.25) is 9.48 Å². The average Bonchev–Trinajstić information content (AvgIpc) is 2.85. The Bertz CT molecular complexity index is 539. The number of carbonyl (C=O) groups excluding carboxylic acids is 1. The standard InChI is InChI=1S/C14H16ClN3O/c1-17-9-7-13(16-17)14(19)18(10-8-15)11-12-5-3-2-4-6-12/h2-7,9H,8,10-11H2,1H3. The first kappa shape index (κ1) is 13.6. The minimum absolute atomic E-state index is 0.0925. The van der Waals surface area contributed by atoms with E-state index in [4.69, 9.17) is 11.6 Å². The van der Waals surface area contributed by atoms with Crippen molar-refractivity contribution in [2.24, 2.45) is 7.05 Å². The summed E-state index contributed by atoms with van der Waals surface area (Å²) in [5.41, 5.74) is 1.53. The molecule has 0 aliphatic heterocycles. The molecular formula is C14H16ClN3O. The third-order valence-electron chi connectivity index (χ3n) is 2.79. The van der Waals surface area contributed by atoms with E-state index in [1.807, 2.05) is 30.3 Å². The van der Waals surface area contributed by atoms with E-state index in [2.05, 4.69) is 5.10 Å². The molecule has 0 aliphatic rings. The molecule has 4 nitrogen and oxygen atoms in total. The summed E-state index contributed by atoms with van der Waals surface area (Å²) < 4.78 is 1.62. The molecule has 0 saturated heterocycles. The molecule has 1 amide bonds. The molecular weight excluding hydrogens is 262 g/mol. The van der Waals surface area contributed by atoms with Gasteiger partial charge in [0.05, 0.1) is 0 Å². The zero-order valence-electron chi connectivity index (χ0n) is 10.8. The molecule has 0 aliphatic carbocycles. The molecule has 0 bridgehead atoms. The first-order chi connectivity index (χ1) is 9.20. The van der Waals surface area contributed by atoms with Crippen molar-refractivity contribution in [3.63, 3.8) is 0 Å². The van der Waals surface area contributed by atoms with Crippen LogP contribution in [-0.2, 0) is 13.6 Å². The van der Waals surface area contributed by atoms with Gasteiger partial charge in [0.2, 0.25) is 0 Å². The molecule has 0 radical (unpaired) electrons. The quantitative estimate of drug-likeness (QED) is 0.787. The number of nitrogens with zero attached hydrogens (tertiary/aromatic N) is 3. The van der Waals surface area contributed by atoms with Crippen LogP contribution in [0.15, 0.2) is 42.6 Å². The number of hydrogen-bond acceptors (Lipinski definition) is 2. The van der Waals surface area contributed by atoms with Crippen LogP contribution < -0.4 is 0 Å². The van der Waals surface area contributed by atoms with Crippen molar-refractivity contribution in [1.29, 1.82) is 0 Å². The molecule has 0 spiro atoms. The van der Waals surface area contributed by atoms with Crippen LogP contribution in [0.2, 0.25) is 0 Å². The lowest BCUT2D eigenvalue weighted by molar-refractivity contribution is 0.0747. The first-order valence-corrected chi connectivity index (χ1v) is 6.63. The minimum atomic E-state index is -0.0925. The van der Waals surface area contributed by atoms with Gasteiger partial charge in [-0.2, -0.15) is 5.10 Å². The van der Waals surface area contributed by atoms with Crippen molar-refractivity contribution in [3.8, 4) is 0 Å². The van der Waals surface area contributed by atoms with E-state index >= 15 is 0 Å². The summed E-state index contributed by atoms with van der Waals surface area (Å²) in [4.78, 5) is 14.1. The molecule has 2 aromatic rings. The van der Waals surface area contributed by atoms with E-state index < -0.39 is 0 Å². The Kier molecular flexibility index (Phi) is 4.58. The Morgan fingerprint density at radius 1 is 1.32 bits per heavy atom. The molecule has 2 rings (SSSR count). The zero-order chi connectivity index (χ0) is 13.7. The number of hydrogen-bond donors (Lipinski definition) is 0. The smallest absolute Gasteiger partial charge is 0.274 e. The maximum atomic E-state index is 12.3. The molecule has 0 unspecified atom stereocenters. The van der Waals surface area contributed by atoms with Gasteiger partial charge in [0.1, 0.15) is 5.69 Å². The monoisotopic (exact) mass is 277 g/mol. The van der Waals surface area contributed by atoms with Crippen LogP contribution in [0.25, 0.3) is 0 Å². The number of halogens is 1. The fourth-order valence-corrected chi connectivity index (χ4v) is 2.05. The topological polar surface area (TPSA) is 38.1 Å². The second kappa shape index (κ2) is 6.38. The van der Waals surface area contributed by atoms with E-state index in [-0.39, 0.29) is 5.91 Å². The Hall–Kier alpha value is -1.81. The number of aryl methyl sites for hydroxylation is 1. The van der Waals surface area contributed by atoms with Gasteiger partial charge in [-0.05, 0) is 11.6 Å². The Balaban J connectivity index is 2.13. The van der Waals surface area contributed by atoms with E-state index in [9.17, 15) is 4.79 Å². The maximum Gasteiger partial charge on any atom is 0.274 e. The van der Waals surface area contributed by atoms with Crippen LogP contribution in [-0.4, -0.2) is 33.0 Å². The molecule has 0 N–H and O–H groups in total. The Morgan fingerprint density at radius 2 is 2.05 bits per heavy atom. The Morgan fingerprint density at radius 3 is 2.63 bits per heavy atom. The lowest BCUT2D eigenvalue weighted by Gasteiger charge is -2.20. The molecule has 100 valence electrons. The molecule has 19 heavy (non-hydrogen) atoms. The van der Waals surface area contributed by atoms with Crippen molar-refractivity contribution in [2.75, 3.05) is 12.4 Å². The highest BCUT2D eigenvalue weighted by molar-refractivity contribution is 6.18. The zero-order valence-corrected chi connectivity index (χ0v) is 11.5. The maximum absolute atomic E-state index is 12.3. The first-order valence-electron chi connectivity index (χ1n) is 6.09. The summed E-state index contributed by atoms with van der Waals surface area (Å²) in [7, 11) is 1.79. The van der Waals surface area contributed by atoms with E-state index in [1.165, 1.54) is 0 Å². The van der Waals surface area contributed by atoms with E-state index in [1.54, 1.807) is 28.9 Å². The summed E-state index contributed by atoms with van der Waals surface area (Å²) in [5.74, 6) is 0.316. The van der Waals surface area contributed by atoms with Crippen LogP contribution in [0.4, 0.5) is 0 Å². The van der Waals surface area contributed by atoms with Crippen molar-refractivity contribution >= 4 is 17.5 Å². The minimum Gasteiger partial charge on any atom is -0.332 e. The highest BCUT2D eigenvalue weighted by Crippen LogP contribution is 2.09. The van der Waals surface area contributed by atoms with Gasteiger partial charge < -0.3 is 4.90 Å². The summed E-state index contributed by atoms with van der Waals surface area (Å²) >= 11 is 5.78. The average molecular weight is 278 g/mol. The second-order valence-corrected chi connectivity index (χ2v) is 4.65. The van der Waals surface area contributed by atoms with Crippen LogP contribution in [0, 0.1) is 0 Å². The second-order valence-electron chi connectivity index (χ2n) is 4.28. The molecule has 1 aromatic heterocycles. The van der Waals surface area contributed by atoms with Crippen molar-refractivity contribution < 1.29 is 4.79 Å². The van der Waals surface area contributed by atoms with Crippen molar-refractivity contribution in [2.45, 2.75) is 6.54 Å². The summed E-state index contributed by atoms with van der Waals surface area (Å²) in [5, 5.41) is 4.14. The fraction of sp³-hybridized carbons (Fsp3) is 0.286. The van der Waals surface area contributed by atoms with Gasteiger partial charge in [0.15, 0.2) is 0 Å². The Labute approximate surface area is 117 Å². The highest BCUT2D eigenvalue weighted by atomic mass is 35.5. The number of alkyl halides is 1. The van der Waals surface area contributed by atoms with Gasteiger partial charge in [-0.15, -0.1) is 11.6 Å². The fourth-order valence-electron chi connectivity index (χ4n) is 1.85. The van der Waals surface area contributed by atoms with Crippen LogP contribution in [0.5, 0.6) is 0 Å². The van der Waals surface area contributed by atoms with Crippen LogP contribution in [0.3, 0.4) is 0 Å². The number of carbonyl (C=O) groups is 1. The number of aromatic nitrogens is 2. The summed E-state index contributed by atoms with van der Waals surface area (Å²) in [6.45, 7) is 1.05. The largest absolute Gasteiger partial charge is 0.332 e.